The van der Waals surface area contributed by atoms with Crippen LogP contribution in [-0.4, -0.2) is 109 Å². The Balaban J connectivity index is 3.77. The standard InChI is InChI=1S/C27H61NO8Si2/c1-8-31-37(32-9-2,33-10-3)26-18-14-16-22-29-24-20-28(7)21-25-30-23-17-15-19-27-38(34-11-4,35-12-5)36-13-6/h8-27H2,1-7H3. The molecule has 0 aromatic rings. The Bertz CT molecular complexity index is 432. The molecule has 0 aliphatic rings. The van der Waals surface area contributed by atoms with Crippen molar-refractivity contribution in [1.29, 1.82) is 0 Å². The number of hydrogen-bond donors (Lipinski definition) is 0. The van der Waals surface area contributed by atoms with Gasteiger partial charge in [-0.25, -0.2) is 0 Å². The van der Waals surface area contributed by atoms with Gasteiger partial charge in [0.1, 0.15) is 0 Å². The summed E-state index contributed by atoms with van der Waals surface area (Å²) >= 11 is 0. The van der Waals surface area contributed by atoms with Gasteiger partial charge in [-0.15, -0.1) is 0 Å². The van der Waals surface area contributed by atoms with Crippen molar-refractivity contribution < 1.29 is 36.0 Å². The largest absolute Gasteiger partial charge is 0.500 e. The quantitative estimate of drug-likeness (QED) is 0.0817. The van der Waals surface area contributed by atoms with E-state index in [1.54, 1.807) is 0 Å². The Hall–Kier alpha value is 0.0738. The van der Waals surface area contributed by atoms with Gasteiger partial charge < -0.3 is 40.9 Å². The number of unbranched alkanes of at least 4 members (excludes halogenated alkanes) is 4. The summed E-state index contributed by atoms with van der Waals surface area (Å²) in [7, 11) is -2.89. The van der Waals surface area contributed by atoms with E-state index in [9.17, 15) is 0 Å². The molecule has 0 radical (unpaired) electrons. The van der Waals surface area contributed by atoms with E-state index >= 15 is 0 Å². The Morgan fingerprint density at radius 2 is 0.737 bits per heavy atom. The highest BCUT2D eigenvalue weighted by Gasteiger charge is 2.40. The lowest BCUT2D eigenvalue weighted by molar-refractivity contribution is 0.0694. The molecule has 0 unspecified atom stereocenters. The third kappa shape index (κ3) is 19.2. The monoisotopic (exact) mass is 583 g/mol. The number of rotatable bonds is 30. The molecule has 0 atom stereocenters. The van der Waals surface area contributed by atoms with Gasteiger partial charge in [0.05, 0.1) is 13.2 Å². The molecule has 0 aliphatic heterocycles. The topological polar surface area (TPSA) is 77.1 Å². The van der Waals surface area contributed by atoms with Gasteiger partial charge >= 0.3 is 17.6 Å². The van der Waals surface area contributed by atoms with Gasteiger partial charge in [0, 0.05) is 78.0 Å². The van der Waals surface area contributed by atoms with Gasteiger partial charge in [-0.3, -0.25) is 0 Å². The van der Waals surface area contributed by atoms with Gasteiger partial charge in [-0.1, -0.05) is 12.8 Å². The van der Waals surface area contributed by atoms with Crippen LogP contribution in [0.15, 0.2) is 0 Å². The second-order valence-corrected chi connectivity index (χ2v) is 14.6. The maximum absolute atomic E-state index is 5.92. The van der Waals surface area contributed by atoms with E-state index in [0.717, 1.165) is 90.1 Å². The van der Waals surface area contributed by atoms with Crippen molar-refractivity contribution in [1.82, 2.24) is 4.90 Å². The molecule has 0 fully saturated rings. The molecule has 0 saturated carbocycles. The summed E-state index contributed by atoms with van der Waals surface area (Å²) in [6, 6.07) is 1.75. The van der Waals surface area contributed by atoms with Crippen molar-refractivity contribution in [2.45, 2.75) is 92.2 Å². The highest BCUT2D eigenvalue weighted by molar-refractivity contribution is 6.61. The highest BCUT2D eigenvalue weighted by Crippen LogP contribution is 2.21. The molecule has 230 valence electrons. The van der Waals surface area contributed by atoms with E-state index in [-0.39, 0.29) is 0 Å². The zero-order valence-corrected chi connectivity index (χ0v) is 27.9. The molecular formula is C27H61NO8Si2. The smallest absolute Gasteiger partial charge is 0.380 e. The lowest BCUT2D eigenvalue weighted by Crippen LogP contribution is -2.45. The second kappa shape index (κ2) is 26.0. The fraction of sp³-hybridized carbons (Fsp3) is 1.00. The first-order chi connectivity index (χ1) is 18.5. The van der Waals surface area contributed by atoms with Crippen LogP contribution in [0.3, 0.4) is 0 Å². The fourth-order valence-electron chi connectivity index (χ4n) is 4.20. The molecular weight excluding hydrogens is 522 g/mol. The molecule has 0 heterocycles. The minimum absolute atomic E-state index is 0.634. The maximum atomic E-state index is 5.92. The predicted octanol–water partition coefficient (Wildman–Crippen LogP) is 5.39. The predicted molar refractivity (Wildman–Crippen MR) is 158 cm³/mol. The van der Waals surface area contributed by atoms with Crippen LogP contribution in [0.5, 0.6) is 0 Å². The van der Waals surface area contributed by atoms with Crippen LogP contribution in [0.1, 0.15) is 80.1 Å². The maximum Gasteiger partial charge on any atom is 0.500 e. The molecule has 0 N–H and O–H groups in total. The van der Waals surface area contributed by atoms with Gasteiger partial charge in [0.2, 0.25) is 0 Å². The molecule has 38 heavy (non-hydrogen) atoms. The lowest BCUT2D eigenvalue weighted by Gasteiger charge is -2.28. The summed E-state index contributed by atoms with van der Waals surface area (Å²) in [5, 5.41) is 0. The van der Waals surface area contributed by atoms with Crippen LogP contribution in [0, 0.1) is 0 Å². The lowest BCUT2D eigenvalue weighted by atomic mass is 10.3. The molecule has 0 rings (SSSR count). The minimum atomic E-state index is -2.50. The normalized spacial score (nSPS) is 12.6. The summed E-state index contributed by atoms with van der Waals surface area (Å²) in [5.41, 5.74) is 0. The van der Waals surface area contributed by atoms with Crippen molar-refractivity contribution in [2.24, 2.45) is 0 Å². The Labute approximate surface area is 236 Å². The Kier molecular flexibility index (Phi) is 26.1. The van der Waals surface area contributed by atoms with Crippen LogP contribution in [0.4, 0.5) is 0 Å². The molecule has 11 heteroatoms. The Morgan fingerprint density at radius 3 is 1.03 bits per heavy atom. The van der Waals surface area contributed by atoms with E-state index in [1.165, 1.54) is 0 Å². The molecule has 0 aliphatic carbocycles. The molecule has 0 spiro atoms. The molecule has 0 aromatic heterocycles. The molecule has 9 nitrogen and oxygen atoms in total. The average molecular weight is 584 g/mol. The van der Waals surface area contributed by atoms with E-state index in [1.807, 2.05) is 41.5 Å². The van der Waals surface area contributed by atoms with Crippen molar-refractivity contribution in [2.75, 3.05) is 86.2 Å². The molecule has 0 bridgehead atoms. The number of hydrogen-bond acceptors (Lipinski definition) is 9. The van der Waals surface area contributed by atoms with E-state index in [0.29, 0.717) is 39.6 Å². The number of likely N-dealkylation sites (N-methyl/N-ethyl adjacent to an activating group) is 1. The second-order valence-electron chi connectivity index (χ2n) is 9.11. The molecule has 0 amide bonds. The molecule has 0 saturated heterocycles. The Morgan fingerprint density at radius 1 is 0.421 bits per heavy atom. The van der Waals surface area contributed by atoms with Crippen molar-refractivity contribution in [3.8, 4) is 0 Å². The average Bonchev–Trinajstić information content (AvgIpc) is 2.88. The van der Waals surface area contributed by atoms with Gasteiger partial charge in [-0.05, 0) is 74.3 Å². The molecule has 0 aromatic carbocycles. The van der Waals surface area contributed by atoms with Gasteiger partial charge in [-0.2, -0.15) is 0 Å². The zero-order chi connectivity index (χ0) is 28.4. The third-order valence-corrected chi connectivity index (χ3v) is 12.3. The first kappa shape index (κ1) is 38.1. The van der Waals surface area contributed by atoms with Gasteiger partial charge in [0.15, 0.2) is 0 Å². The number of nitrogens with zero attached hydrogens (tertiary/aromatic N) is 1. The summed E-state index contributed by atoms with van der Waals surface area (Å²) in [5.74, 6) is 0. The van der Waals surface area contributed by atoms with E-state index < -0.39 is 17.6 Å². The summed E-state index contributed by atoms with van der Waals surface area (Å²) in [6.07, 6.45) is 6.37. The SMILES string of the molecule is CCO[Si](CCCCCOCCN(C)CCOCCCCC[Si](OCC)(OCC)OCC)(OCC)OCC. The van der Waals surface area contributed by atoms with E-state index in [4.69, 9.17) is 36.0 Å². The minimum Gasteiger partial charge on any atom is -0.380 e. The number of ether oxygens (including phenoxy) is 2. The van der Waals surface area contributed by atoms with Crippen molar-refractivity contribution >= 4 is 17.6 Å². The zero-order valence-electron chi connectivity index (χ0n) is 25.9. The van der Waals surface area contributed by atoms with Crippen molar-refractivity contribution in [3.63, 3.8) is 0 Å². The summed E-state index contributed by atoms with van der Waals surface area (Å²) in [6.45, 7) is 20.7. The van der Waals surface area contributed by atoms with Crippen LogP contribution < -0.4 is 0 Å². The van der Waals surface area contributed by atoms with Crippen LogP contribution >= 0.6 is 0 Å². The first-order valence-corrected chi connectivity index (χ1v) is 19.0. The van der Waals surface area contributed by atoms with Crippen LogP contribution in [0.2, 0.25) is 12.1 Å². The first-order valence-electron chi connectivity index (χ1n) is 15.1. The van der Waals surface area contributed by atoms with Crippen LogP contribution in [-0.2, 0) is 36.0 Å². The fourth-order valence-corrected chi connectivity index (χ4v) is 9.58. The van der Waals surface area contributed by atoms with Gasteiger partial charge in [0.25, 0.3) is 0 Å². The highest BCUT2D eigenvalue weighted by atomic mass is 28.4. The summed E-state index contributed by atoms with van der Waals surface area (Å²) < 4.78 is 47.2. The summed E-state index contributed by atoms with van der Waals surface area (Å²) in [4.78, 5) is 2.26. The van der Waals surface area contributed by atoms with E-state index in [2.05, 4.69) is 11.9 Å². The third-order valence-electron chi connectivity index (χ3n) is 5.96. The van der Waals surface area contributed by atoms with Crippen LogP contribution in [0.25, 0.3) is 0 Å². The van der Waals surface area contributed by atoms with Crippen molar-refractivity contribution in [3.05, 3.63) is 0 Å².